The number of carboxylic acid groups (broad SMARTS) is 1. The zero-order chi connectivity index (χ0) is 15.0. The summed E-state index contributed by atoms with van der Waals surface area (Å²) in [7, 11) is 0. The van der Waals surface area contributed by atoms with E-state index in [9.17, 15) is 9.59 Å². The molecule has 0 spiro atoms. The first-order valence-corrected chi connectivity index (χ1v) is 6.40. The molecule has 0 radical (unpaired) electrons. The van der Waals surface area contributed by atoms with Crippen molar-refractivity contribution in [2.24, 2.45) is 0 Å². The topological polar surface area (TPSA) is 75.6 Å². The molecule has 0 aliphatic rings. The second kappa shape index (κ2) is 7.99. The molecule has 0 saturated carbocycles. The number of carboxylic acids is 1. The molecule has 108 valence electrons. The number of para-hydroxylation sites is 1. The van der Waals surface area contributed by atoms with Crippen molar-refractivity contribution in [1.82, 2.24) is 5.32 Å². The zero-order valence-electron chi connectivity index (χ0n) is 11.5. The first kappa shape index (κ1) is 15.8. The van der Waals surface area contributed by atoms with E-state index in [-0.39, 0.29) is 18.4 Å². The average Bonchev–Trinajstić information content (AvgIpc) is 2.43. The Balaban J connectivity index is 2.66. The van der Waals surface area contributed by atoms with Crippen molar-refractivity contribution in [3.63, 3.8) is 0 Å². The van der Waals surface area contributed by atoms with Crippen LogP contribution in [0.3, 0.4) is 0 Å². The van der Waals surface area contributed by atoms with Crippen molar-refractivity contribution in [2.75, 3.05) is 6.61 Å². The highest BCUT2D eigenvalue weighted by Crippen LogP contribution is 2.18. The van der Waals surface area contributed by atoms with Crippen LogP contribution in [0.2, 0.25) is 0 Å². The summed E-state index contributed by atoms with van der Waals surface area (Å²) in [6.45, 7) is 5.65. The molecule has 1 aromatic carbocycles. The summed E-state index contributed by atoms with van der Waals surface area (Å²) in [4.78, 5) is 22.6. The minimum Gasteiger partial charge on any atom is -0.489 e. The van der Waals surface area contributed by atoms with Gasteiger partial charge in [-0.15, -0.1) is 0 Å². The van der Waals surface area contributed by atoms with Gasteiger partial charge in [0.05, 0.1) is 5.56 Å². The van der Waals surface area contributed by atoms with Gasteiger partial charge in [0.2, 0.25) is 0 Å². The molecular weight excluding hydrogens is 258 g/mol. The molecule has 0 saturated heterocycles. The third kappa shape index (κ3) is 5.14. The van der Waals surface area contributed by atoms with Gasteiger partial charge in [0.1, 0.15) is 12.4 Å². The molecule has 0 fully saturated rings. The van der Waals surface area contributed by atoms with Gasteiger partial charge in [-0.3, -0.25) is 9.59 Å². The summed E-state index contributed by atoms with van der Waals surface area (Å²) < 4.78 is 5.41. The highest BCUT2D eigenvalue weighted by atomic mass is 16.5. The van der Waals surface area contributed by atoms with Crippen molar-refractivity contribution in [2.45, 2.75) is 25.8 Å². The predicted molar refractivity (Wildman–Crippen MR) is 75.9 cm³/mol. The zero-order valence-corrected chi connectivity index (χ0v) is 11.5. The Morgan fingerprint density at radius 2 is 2.15 bits per heavy atom. The third-order valence-electron chi connectivity index (χ3n) is 2.66. The Morgan fingerprint density at radius 1 is 1.45 bits per heavy atom. The summed E-state index contributed by atoms with van der Waals surface area (Å²) >= 11 is 0. The number of ether oxygens (including phenoxy) is 1. The van der Waals surface area contributed by atoms with E-state index >= 15 is 0 Å². The monoisotopic (exact) mass is 277 g/mol. The standard InChI is InChI=1S/C15H19NO4/c1-3-10-20-13-7-5-4-6-12(13)15(19)16-11(2)8-9-14(17)18/h3-7,11H,1,8-10H2,2H3,(H,16,19)(H,17,18). The molecular formula is C15H19NO4. The Hall–Kier alpha value is -2.30. The SMILES string of the molecule is C=CCOc1ccccc1C(=O)NC(C)CCC(=O)O. The molecule has 0 bridgehead atoms. The van der Waals surface area contributed by atoms with Gasteiger partial charge in [-0.2, -0.15) is 0 Å². The van der Waals surface area contributed by atoms with Crippen LogP contribution in [0.25, 0.3) is 0 Å². The number of benzene rings is 1. The van der Waals surface area contributed by atoms with Gasteiger partial charge in [0, 0.05) is 12.5 Å². The molecule has 20 heavy (non-hydrogen) atoms. The van der Waals surface area contributed by atoms with E-state index in [1.165, 1.54) is 0 Å². The number of carbonyl (C=O) groups excluding carboxylic acids is 1. The normalized spacial score (nSPS) is 11.4. The Morgan fingerprint density at radius 3 is 2.80 bits per heavy atom. The van der Waals surface area contributed by atoms with Gasteiger partial charge < -0.3 is 15.2 Å². The van der Waals surface area contributed by atoms with Crippen LogP contribution < -0.4 is 10.1 Å². The van der Waals surface area contributed by atoms with Gasteiger partial charge in [-0.25, -0.2) is 0 Å². The number of carbonyl (C=O) groups is 2. The minimum atomic E-state index is -0.874. The van der Waals surface area contributed by atoms with Gasteiger partial charge >= 0.3 is 5.97 Å². The van der Waals surface area contributed by atoms with Crippen molar-refractivity contribution < 1.29 is 19.4 Å². The predicted octanol–water partition coefficient (Wildman–Crippen LogP) is 2.23. The molecule has 1 atom stereocenters. The van der Waals surface area contributed by atoms with Gasteiger partial charge in [-0.1, -0.05) is 24.8 Å². The number of hydrogen-bond acceptors (Lipinski definition) is 3. The molecule has 1 amide bonds. The lowest BCUT2D eigenvalue weighted by Crippen LogP contribution is -2.33. The van der Waals surface area contributed by atoms with Crippen LogP contribution in [0.5, 0.6) is 5.75 Å². The van der Waals surface area contributed by atoms with Crippen LogP contribution in [0, 0.1) is 0 Å². The van der Waals surface area contributed by atoms with E-state index in [0.717, 1.165) is 0 Å². The van der Waals surface area contributed by atoms with E-state index < -0.39 is 5.97 Å². The fraction of sp³-hybridized carbons (Fsp3) is 0.333. The summed E-state index contributed by atoms with van der Waals surface area (Å²) in [5, 5.41) is 11.4. The van der Waals surface area contributed by atoms with Gasteiger partial charge in [0.15, 0.2) is 0 Å². The van der Waals surface area contributed by atoms with E-state index in [1.54, 1.807) is 37.3 Å². The van der Waals surface area contributed by atoms with Gasteiger partial charge in [0.25, 0.3) is 5.91 Å². The third-order valence-corrected chi connectivity index (χ3v) is 2.66. The average molecular weight is 277 g/mol. The Kier molecular flexibility index (Phi) is 6.29. The summed E-state index contributed by atoms with van der Waals surface area (Å²) in [5.74, 6) is -0.668. The first-order chi connectivity index (χ1) is 9.54. The van der Waals surface area contributed by atoms with Crippen LogP contribution >= 0.6 is 0 Å². The van der Waals surface area contributed by atoms with E-state index in [1.807, 2.05) is 0 Å². The lowest BCUT2D eigenvalue weighted by atomic mass is 10.1. The fourth-order valence-electron chi connectivity index (χ4n) is 1.64. The molecule has 1 unspecified atom stereocenters. The number of aliphatic carboxylic acids is 1. The molecule has 0 heterocycles. The highest BCUT2D eigenvalue weighted by Gasteiger charge is 2.14. The second-order valence-electron chi connectivity index (χ2n) is 4.40. The number of rotatable bonds is 8. The fourth-order valence-corrected chi connectivity index (χ4v) is 1.64. The molecule has 1 rings (SSSR count). The summed E-state index contributed by atoms with van der Waals surface area (Å²) in [5.41, 5.74) is 0.427. The van der Waals surface area contributed by atoms with Crippen LogP contribution in [0.4, 0.5) is 0 Å². The maximum Gasteiger partial charge on any atom is 0.303 e. The molecule has 5 heteroatoms. The molecule has 0 aliphatic carbocycles. The van der Waals surface area contributed by atoms with Crippen molar-refractivity contribution >= 4 is 11.9 Å². The summed E-state index contributed by atoms with van der Waals surface area (Å²) in [6.07, 6.45) is 2.01. The van der Waals surface area contributed by atoms with Crippen molar-refractivity contribution in [1.29, 1.82) is 0 Å². The van der Waals surface area contributed by atoms with Crippen LogP contribution in [0.15, 0.2) is 36.9 Å². The van der Waals surface area contributed by atoms with Crippen LogP contribution in [-0.2, 0) is 4.79 Å². The van der Waals surface area contributed by atoms with E-state index in [2.05, 4.69) is 11.9 Å². The highest BCUT2D eigenvalue weighted by molar-refractivity contribution is 5.97. The molecule has 1 aromatic rings. The maximum atomic E-state index is 12.1. The maximum absolute atomic E-state index is 12.1. The smallest absolute Gasteiger partial charge is 0.303 e. The molecule has 2 N–H and O–H groups in total. The quantitative estimate of drug-likeness (QED) is 0.714. The molecule has 0 aliphatic heterocycles. The number of amides is 1. The number of hydrogen-bond donors (Lipinski definition) is 2. The molecule has 0 aromatic heterocycles. The summed E-state index contributed by atoms with van der Waals surface area (Å²) in [6, 6.07) is 6.68. The minimum absolute atomic E-state index is 0.0239. The van der Waals surface area contributed by atoms with Gasteiger partial charge in [-0.05, 0) is 25.5 Å². The van der Waals surface area contributed by atoms with Crippen molar-refractivity contribution in [3.05, 3.63) is 42.5 Å². The molecule has 5 nitrogen and oxygen atoms in total. The van der Waals surface area contributed by atoms with Crippen molar-refractivity contribution in [3.8, 4) is 5.75 Å². The lowest BCUT2D eigenvalue weighted by Gasteiger charge is -2.15. The van der Waals surface area contributed by atoms with Crippen LogP contribution in [0.1, 0.15) is 30.1 Å². The Labute approximate surface area is 118 Å². The second-order valence-corrected chi connectivity index (χ2v) is 4.40. The Bertz CT molecular complexity index is 485. The van der Waals surface area contributed by atoms with E-state index in [0.29, 0.717) is 24.3 Å². The van der Waals surface area contributed by atoms with Crippen LogP contribution in [-0.4, -0.2) is 29.6 Å². The van der Waals surface area contributed by atoms with E-state index in [4.69, 9.17) is 9.84 Å². The lowest BCUT2D eigenvalue weighted by molar-refractivity contribution is -0.137. The largest absolute Gasteiger partial charge is 0.489 e. The number of nitrogens with one attached hydrogen (secondary N) is 1. The first-order valence-electron chi connectivity index (χ1n) is 6.40.